The van der Waals surface area contributed by atoms with Crippen molar-refractivity contribution in [2.75, 3.05) is 31.8 Å². The van der Waals surface area contributed by atoms with Gasteiger partial charge in [-0.25, -0.2) is 9.59 Å². The molecule has 0 aliphatic rings. The van der Waals surface area contributed by atoms with Gasteiger partial charge in [0.1, 0.15) is 5.75 Å². The van der Waals surface area contributed by atoms with E-state index >= 15 is 0 Å². The van der Waals surface area contributed by atoms with Gasteiger partial charge in [-0.3, -0.25) is 0 Å². The van der Waals surface area contributed by atoms with Crippen LogP contribution in [0, 0.1) is 0 Å². The number of ether oxygens (including phenoxy) is 4. The highest BCUT2D eigenvalue weighted by Gasteiger charge is 2.56. The number of methoxy groups -OCH3 is 1. The molecule has 0 unspecified atom stereocenters. The Morgan fingerprint density at radius 2 is 1.60 bits per heavy atom. The van der Waals surface area contributed by atoms with E-state index in [1.165, 1.54) is 55.7 Å². The van der Waals surface area contributed by atoms with Crippen LogP contribution < -0.4 is 25.7 Å². The molecule has 3 aromatic rings. The Labute approximate surface area is 244 Å². The van der Waals surface area contributed by atoms with Gasteiger partial charge in [-0.05, 0) is 79.6 Å². The van der Waals surface area contributed by atoms with Crippen LogP contribution in [-0.2, 0) is 9.53 Å². The van der Waals surface area contributed by atoms with Gasteiger partial charge in [0, 0.05) is 23.4 Å². The fourth-order valence-electron chi connectivity index (χ4n) is 3.78. The quantitative estimate of drug-likeness (QED) is 0.0452. The minimum atomic E-state index is -5.62. The van der Waals surface area contributed by atoms with E-state index in [2.05, 4.69) is 0 Å². The molecule has 0 aliphatic carbocycles. The van der Waals surface area contributed by atoms with Crippen molar-refractivity contribution < 1.29 is 50.5 Å². The van der Waals surface area contributed by atoms with Gasteiger partial charge in [-0.15, -0.1) is 0 Å². The SMILES string of the molecule is CCOC(=O)C(=Cc1ccc(OC(=O)c2ccc(OCCCC(F)(F)C(F)(F)F)cc2)c(OC)c1)c1ccc(N)cc1N. The Morgan fingerprint density at radius 1 is 0.907 bits per heavy atom. The van der Waals surface area contributed by atoms with Crippen molar-refractivity contribution in [3.05, 3.63) is 77.4 Å². The molecule has 0 atom stereocenters. The molecule has 0 radical (unpaired) electrons. The van der Waals surface area contributed by atoms with E-state index in [-0.39, 0.29) is 47.3 Å². The van der Waals surface area contributed by atoms with E-state index in [1.807, 2.05) is 0 Å². The van der Waals surface area contributed by atoms with Gasteiger partial charge in [-0.1, -0.05) is 6.07 Å². The van der Waals surface area contributed by atoms with Crippen LogP contribution >= 0.6 is 0 Å². The van der Waals surface area contributed by atoms with Gasteiger partial charge in [0.05, 0.1) is 31.5 Å². The molecule has 0 spiro atoms. The molecule has 0 amide bonds. The smallest absolute Gasteiger partial charge is 0.453 e. The number of nitrogens with two attached hydrogens (primary N) is 2. The van der Waals surface area contributed by atoms with Crippen molar-refractivity contribution in [3.63, 3.8) is 0 Å². The standard InChI is InChI=1S/C30H29F5N2O6/c1-3-41-28(39)23(22-11-8-20(36)17-24(22)37)15-18-5-12-25(26(16-18)40-2)43-27(38)19-6-9-21(10-7-19)42-14-4-13-29(31,32)30(33,34)35/h5-12,15-17H,3-4,13-14,36-37H2,1-2H3. The van der Waals surface area contributed by atoms with Crippen LogP contribution in [-0.4, -0.2) is 44.4 Å². The number of alkyl halides is 5. The van der Waals surface area contributed by atoms with Crippen molar-refractivity contribution in [1.82, 2.24) is 0 Å². The van der Waals surface area contributed by atoms with Gasteiger partial charge in [0.25, 0.3) is 0 Å². The molecule has 0 saturated heterocycles. The number of carbonyl (C=O) groups is 2. The van der Waals surface area contributed by atoms with Crippen molar-refractivity contribution in [2.24, 2.45) is 0 Å². The fraction of sp³-hybridized carbons (Fsp3) is 0.267. The Bertz CT molecular complexity index is 1470. The number of hydrogen-bond acceptors (Lipinski definition) is 8. The lowest BCUT2D eigenvalue weighted by molar-refractivity contribution is -0.284. The second kappa shape index (κ2) is 13.9. The number of hydrogen-bond donors (Lipinski definition) is 2. The normalized spacial score (nSPS) is 12.0. The third-order valence-electron chi connectivity index (χ3n) is 5.97. The molecule has 0 bridgehead atoms. The summed E-state index contributed by atoms with van der Waals surface area (Å²) in [6.45, 7) is 1.43. The first kappa shape index (κ1) is 32.7. The lowest BCUT2D eigenvalue weighted by Gasteiger charge is -2.19. The molecule has 8 nitrogen and oxygen atoms in total. The molecule has 13 heteroatoms. The van der Waals surface area contributed by atoms with Crippen LogP contribution in [0.1, 0.15) is 41.3 Å². The summed E-state index contributed by atoms with van der Waals surface area (Å²) in [5, 5.41) is 0. The van der Waals surface area contributed by atoms with Gasteiger partial charge < -0.3 is 30.4 Å². The van der Waals surface area contributed by atoms with Crippen LogP contribution in [0.15, 0.2) is 60.7 Å². The van der Waals surface area contributed by atoms with E-state index in [1.54, 1.807) is 25.1 Å². The zero-order valence-electron chi connectivity index (χ0n) is 23.2. The monoisotopic (exact) mass is 608 g/mol. The minimum Gasteiger partial charge on any atom is -0.494 e. The summed E-state index contributed by atoms with van der Waals surface area (Å²) < 4.78 is 84.0. The Hall–Kier alpha value is -4.81. The summed E-state index contributed by atoms with van der Waals surface area (Å²) in [5.41, 5.74) is 13.7. The largest absolute Gasteiger partial charge is 0.494 e. The van der Waals surface area contributed by atoms with Crippen LogP contribution in [0.5, 0.6) is 17.2 Å². The molecular weight excluding hydrogens is 579 g/mol. The van der Waals surface area contributed by atoms with Gasteiger partial charge >= 0.3 is 24.0 Å². The maximum absolute atomic E-state index is 13.0. The Morgan fingerprint density at radius 3 is 2.21 bits per heavy atom. The van der Waals surface area contributed by atoms with E-state index in [0.717, 1.165) is 0 Å². The summed E-state index contributed by atoms with van der Waals surface area (Å²) in [6.07, 6.45) is -6.02. The minimum absolute atomic E-state index is 0.0697. The predicted octanol–water partition coefficient (Wildman–Crippen LogP) is 6.54. The van der Waals surface area contributed by atoms with Crippen LogP contribution in [0.25, 0.3) is 11.6 Å². The highest BCUT2D eigenvalue weighted by molar-refractivity contribution is 6.23. The average molecular weight is 609 g/mol. The van der Waals surface area contributed by atoms with E-state index in [0.29, 0.717) is 16.8 Å². The summed E-state index contributed by atoms with van der Waals surface area (Å²) in [4.78, 5) is 25.5. The van der Waals surface area contributed by atoms with Crippen LogP contribution in [0.2, 0.25) is 0 Å². The third-order valence-corrected chi connectivity index (χ3v) is 5.97. The molecular formula is C30H29F5N2O6. The summed E-state index contributed by atoms with van der Waals surface area (Å²) >= 11 is 0. The van der Waals surface area contributed by atoms with Crippen molar-refractivity contribution in [2.45, 2.75) is 31.9 Å². The van der Waals surface area contributed by atoms with Crippen LogP contribution in [0.3, 0.4) is 0 Å². The van der Waals surface area contributed by atoms with E-state index in [9.17, 15) is 31.5 Å². The molecule has 0 saturated carbocycles. The number of carbonyl (C=O) groups excluding carboxylic acids is 2. The molecule has 230 valence electrons. The van der Waals surface area contributed by atoms with Crippen LogP contribution in [0.4, 0.5) is 33.3 Å². The van der Waals surface area contributed by atoms with Gasteiger partial charge in [0.15, 0.2) is 11.5 Å². The molecule has 3 aromatic carbocycles. The average Bonchev–Trinajstić information content (AvgIpc) is 2.95. The first-order chi connectivity index (χ1) is 20.3. The summed E-state index contributed by atoms with van der Waals surface area (Å²) in [5.74, 6) is -5.76. The molecule has 43 heavy (non-hydrogen) atoms. The molecule has 3 rings (SSSR count). The zero-order chi connectivity index (χ0) is 31.8. The van der Waals surface area contributed by atoms with Crippen molar-refractivity contribution >= 4 is 35.0 Å². The van der Waals surface area contributed by atoms with Crippen molar-refractivity contribution in [1.29, 1.82) is 0 Å². The van der Waals surface area contributed by atoms with E-state index in [4.69, 9.17) is 30.4 Å². The molecule has 0 fully saturated rings. The van der Waals surface area contributed by atoms with Crippen molar-refractivity contribution in [3.8, 4) is 17.2 Å². The van der Waals surface area contributed by atoms with E-state index < -0.39 is 36.9 Å². The Kier molecular flexibility index (Phi) is 10.6. The molecule has 0 aliphatic heterocycles. The highest BCUT2D eigenvalue weighted by Crippen LogP contribution is 2.39. The molecule has 4 N–H and O–H groups in total. The highest BCUT2D eigenvalue weighted by atomic mass is 19.4. The number of esters is 2. The number of nitrogen functional groups attached to an aromatic ring is 2. The third kappa shape index (κ3) is 8.60. The number of anilines is 2. The lowest BCUT2D eigenvalue weighted by Crippen LogP contribution is -2.36. The maximum atomic E-state index is 13.0. The molecule has 0 aromatic heterocycles. The van der Waals surface area contributed by atoms with Gasteiger partial charge in [-0.2, -0.15) is 22.0 Å². The zero-order valence-corrected chi connectivity index (χ0v) is 23.2. The second-order valence-electron chi connectivity index (χ2n) is 9.10. The maximum Gasteiger partial charge on any atom is 0.453 e. The summed E-state index contributed by atoms with van der Waals surface area (Å²) in [7, 11) is 1.36. The number of halogens is 5. The first-order valence-electron chi connectivity index (χ1n) is 12.9. The number of benzene rings is 3. The van der Waals surface area contributed by atoms with Gasteiger partial charge in [0.2, 0.25) is 0 Å². The number of rotatable bonds is 12. The Balaban J connectivity index is 1.71. The lowest BCUT2D eigenvalue weighted by atomic mass is 10.0. The fourth-order valence-corrected chi connectivity index (χ4v) is 3.78. The predicted molar refractivity (Wildman–Crippen MR) is 150 cm³/mol. The molecule has 0 heterocycles. The topological polar surface area (TPSA) is 123 Å². The summed E-state index contributed by atoms with van der Waals surface area (Å²) in [6, 6.07) is 14.7. The second-order valence-corrected chi connectivity index (χ2v) is 9.10. The first-order valence-corrected chi connectivity index (χ1v) is 12.9.